The second kappa shape index (κ2) is 8.01. The summed E-state index contributed by atoms with van der Waals surface area (Å²) in [5.41, 5.74) is 4.35. The Kier molecular flexibility index (Phi) is 5.29. The zero-order valence-corrected chi connectivity index (χ0v) is 16.3. The monoisotopic (exact) mass is 374 g/mol. The van der Waals surface area contributed by atoms with Gasteiger partial charge in [-0.25, -0.2) is 0 Å². The smallest absolute Gasteiger partial charge is 0.223 e. The molecule has 3 aromatic rings. The Balaban J connectivity index is 1.30. The minimum atomic E-state index is 0.0435. The highest BCUT2D eigenvalue weighted by atomic mass is 16.2. The maximum atomic E-state index is 12.6. The number of likely N-dealkylation sites (tertiary alicyclic amines) is 1. The summed E-state index contributed by atoms with van der Waals surface area (Å²) in [5, 5.41) is 1.29. The van der Waals surface area contributed by atoms with E-state index in [4.69, 9.17) is 0 Å². The van der Waals surface area contributed by atoms with Crippen LogP contribution in [0.4, 0.5) is 0 Å². The number of piperidine rings is 1. The van der Waals surface area contributed by atoms with Gasteiger partial charge in [-0.1, -0.05) is 48.0 Å². The third-order valence-corrected chi connectivity index (χ3v) is 5.85. The molecule has 4 rings (SSSR count). The largest absolute Gasteiger partial charge is 0.361 e. The molecule has 0 atom stereocenters. The number of ketones is 1. The fraction of sp³-hybridized carbons (Fsp3) is 0.333. The number of aryl methyl sites for hydroxylation is 1. The van der Waals surface area contributed by atoms with Crippen LogP contribution >= 0.6 is 0 Å². The number of hydrogen-bond donors (Lipinski definition) is 1. The number of rotatable bonds is 5. The first kappa shape index (κ1) is 18.5. The van der Waals surface area contributed by atoms with Crippen LogP contribution in [0.2, 0.25) is 0 Å². The number of amides is 1. The number of carbonyl (C=O) groups is 2. The molecule has 1 aliphatic heterocycles. The lowest BCUT2D eigenvalue weighted by Gasteiger charge is -2.32. The van der Waals surface area contributed by atoms with Gasteiger partial charge in [0.2, 0.25) is 5.91 Å². The molecular formula is C24H26N2O2. The van der Waals surface area contributed by atoms with Crippen molar-refractivity contribution in [1.82, 2.24) is 9.88 Å². The average molecular weight is 374 g/mol. The fourth-order valence-corrected chi connectivity index (χ4v) is 4.13. The zero-order valence-electron chi connectivity index (χ0n) is 16.3. The summed E-state index contributed by atoms with van der Waals surface area (Å²) in [6, 6.07) is 15.9. The number of benzene rings is 2. The van der Waals surface area contributed by atoms with Crippen LogP contribution in [0.15, 0.2) is 54.7 Å². The number of fused-ring (bicyclic) bond motifs is 1. The Morgan fingerprint density at radius 1 is 1.00 bits per heavy atom. The molecule has 1 saturated heterocycles. The van der Waals surface area contributed by atoms with E-state index in [-0.39, 0.29) is 18.1 Å². The van der Waals surface area contributed by atoms with Crippen molar-refractivity contribution in [3.05, 3.63) is 71.4 Å². The molecule has 1 aromatic heterocycles. The molecular weight excluding hydrogens is 348 g/mol. The molecule has 0 saturated carbocycles. The Hall–Kier alpha value is -2.88. The second-order valence-corrected chi connectivity index (χ2v) is 7.73. The van der Waals surface area contributed by atoms with Crippen LogP contribution in [0.1, 0.15) is 53.1 Å². The van der Waals surface area contributed by atoms with Crippen LogP contribution in [0, 0.1) is 6.92 Å². The normalized spacial score (nSPS) is 15.1. The molecule has 0 aliphatic carbocycles. The topological polar surface area (TPSA) is 53.2 Å². The molecule has 4 heteroatoms. The van der Waals surface area contributed by atoms with E-state index < -0.39 is 0 Å². The lowest BCUT2D eigenvalue weighted by atomic mass is 9.89. The van der Waals surface area contributed by atoms with Gasteiger partial charge in [-0.05, 0) is 37.3 Å². The van der Waals surface area contributed by atoms with Crippen LogP contribution in [-0.2, 0) is 4.79 Å². The molecule has 1 aliphatic rings. The second-order valence-electron chi connectivity index (χ2n) is 7.73. The lowest BCUT2D eigenvalue weighted by Crippen LogP contribution is -2.38. The van der Waals surface area contributed by atoms with E-state index in [0.717, 1.165) is 31.5 Å². The van der Waals surface area contributed by atoms with Gasteiger partial charge < -0.3 is 9.88 Å². The van der Waals surface area contributed by atoms with E-state index >= 15 is 0 Å². The molecule has 0 bridgehead atoms. The highest BCUT2D eigenvalue weighted by Gasteiger charge is 2.25. The minimum Gasteiger partial charge on any atom is -0.361 e. The van der Waals surface area contributed by atoms with Crippen LogP contribution < -0.4 is 0 Å². The molecule has 0 spiro atoms. The number of nitrogens with one attached hydrogen (secondary N) is 1. The highest BCUT2D eigenvalue weighted by molar-refractivity contribution is 5.98. The van der Waals surface area contributed by atoms with Gasteiger partial charge in [-0.3, -0.25) is 9.59 Å². The van der Waals surface area contributed by atoms with Crippen LogP contribution in [0.5, 0.6) is 0 Å². The SMILES string of the molecule is Cc1ccc(C(=O)CCC(=O)N2CCC(c3c[nH]c4ccccc34)CC2)cc1. The van der Waals surface area contributed by atoms with Gasteiger partial charge in [0.1, 0.15) is 0 Å². The predicted octanol–water partition coefficient (Wildman–Crippen LogP) is 4.85. The first-order valence-corrected chi connectivity index (χ1v) is 10.1. The van der Waals surface area contributed by atoms with Gasteiger partial charge in [0.05, 0.1) is 0 Å². The van der Waals surface area contributed by atoms with Gasteiger partial charge in [-0.15, -0.1) is 0 Å². The molecule has 1 fully saturated rings. The van der Waals surface area contributed by atoms with Crippen molar-refractivity contribution in [2.45, 2.75) is 38.5 Å². The zero-order chi connectivity index (χ0) is 19.5. The van der Waals surface area contributed by atoms with E-state index in [1.165, 1.54) is 16.5 Å². The van der Waals surface area contributed by atoms with Gasteiger partial charge >= 0.3 is 0 Å². The summed E-state index contributed by atoms with van der Waals surface area (Å²) in [6.45, 7) is 3.53. The summed E-state index contributed by atoms with van der Waals surface area (Å²) < 4.78 is 0. The van der Waals surface area contributed by atoms with E-state index in [0.29, 0.717) is 17.9 Å². The Labute approximate surface area is 165 Å². The first-order valence-electron chi connectivity index (χ1n) is 10.1. The number of hydrogen-bond acceptors (Lipinski definition) is 2. The fourth-order valence-electron chi connectivity index (χ4n) is 4.13. The molecule has 28 heavy (non-hydrogen) atoms. The van der Waals surface area contributed by atoms with Crippen molar-refractivity contribution in [2.24, 2.45) is 0 Å². The third kappa shape index (κ3) is 3.86. The number of aromatic amines is 1. The number of nitrogens with zero attached hydrogens (tertiary/aromatic N) is 1. The van der Waals surface area contributed by atoms with Crippen molar-refractivity contribution >= 4 is 22.6 Å². The molecule has 144 valence electrons. The van der Waals surface area contributed by atoms with Gasteiger partial charge in [-0.2, -0.15) is 0 Å². The number of Topliss-reactive ketones (excluding diaryl/α,β-unsaturated/α-hetero) is 1. The van der Waals surface area contributed by atoms with Crippen molar-refractivity contribution in [3.8, 4) is 0 Å². The van der Waals surface area contributed by atoms with Crippen LogP contribution in [0.3, 0.4) is 0 Å². The van der Waals surface area contributed by atoms with Gasteiger partial charge in [0, 0.05) is 48.6 Å². The minimum absolute atomic E-state index is 0.0435. The first-order chi connectivity index (χ1) is 13.6. The van der Waals surface area contributed by atoms with E-state index in [2.05, 4.69) is 29.4 Å². The standard InChI is InChI=1S/C24H26N2O2/c1-17-6-8-19(9-7-17)23(27)10-11-24(28)26-14-12-18(13-15-26)21-16-25-22-5-3-2-4-20(21)22/h2-9,16,18,25H,10-15H2,1H3. The molecule has 1 N–H and O–H groups in total. The maximum Gasteiger partial charge on any atom is 0.223 e. The number of H-pyrrole nitrogens is 1. The predicted molar refractivity (Wildman–Crippen MR) is 112 cm³/mol. The highest BCUT2D eigenvalue weighted by Crippen LogP contribution is 2.33. The van der Waals surface area contributed by atoms with Gasteiger partial charge in [0.25, 0.3) is 0 Å². The van der Waals surface area contributed by atoms with Crippen molar-refractivity contribution in [3.63, 3.8) is 0 Å². The Bertz CT molecular complexity index is 979. The van der Waals surface area contributed by atoms with Crippen molar-refractivity contribution in [2.75, 3.05) is 13.1 Å². The van der Waals surface area contributed by atoms with Crippen LogP contribution in [-0.4, -0.2) is 34.7 Å². The van der Waals surface area contributed by atoms with E-state index in [1.807, 2.05) is 42.2 Å². The molecule has 2 heterocycles. The van der Waals surface area contributed by atoms with Gasteiger partial charge in [0.15, 0.2) is 5.78 Å². The van der Waals surface area contributed by atoms with E-state index in [9.17, 15) is 9.59 Å². The molecule has 0 unspecified atom stereocenters. The third-order valence-electron chi connectivity index (χ3n) is 5.85. The summed E-state index contributed by atoms with van der Waals surface area (Å²) in [6.07, 6.45) is 4.64. The Morgan fingerprint density at radius 3 is 2.46 bits per heavy atom. The molecule has 4 nitrogen and oxygen atoms in total. The van der Waals surface area contributed by atoms with Crippen molar-refractivity contribution in [1.29, 1.82) is 0 Å². The quantitative estimate of drug-likeness (QED) is 0.649. The molecule has 2 aromatic carbocycles. The summed E-state index contributed by atoms with van der Waals surface area (Å²) in [4.78, 5) is 30.1. The van der Waals surface area contributed by atoms with Crippen molar-refractivity contribution < 1.29 is 9.59 Å². The maximum absolute atomic E-state index is 12.6. The van der Waals surface area contributed by atoms with E-state index in [1.54, 1.807) is 0 Å². The number of carbonyl (C=O) groups excluding carboxylic acids is 2. The summed E-state index contributed by atoms with van der Waals surface area (Å²) in [7, 11) is 0. The molecule has 1 amide bonds. The number of para-hydroxylation sites is 1. The average Bonchev–Trinajstić information content (AvgIpc) is 3.16. The molecule has 0 radical (unpaired) electrons. The summed E-state index contributed by atoms with van der Waals surface area (Å²) >= 11 is 0. The lowest BCUT2D eigenvalue weighted by molar-refractivity contribution is -0.132. The summed E-state index contributed by atoms with van der Waals surface area (Å²) in [5.74, 6) is 0.620. The van der Waals surface area contributed by atoms with Crippen LogP contribution in [0.25, 0.3) is 10.9 Å². The Morgan fingerprint density at radius 2 is 1.71 bits per heavy atom. The number of aromatic nitrogens is 1.